The van der Waals surface area contributed by atoms with E-state index in [1.165, 1.54) is 61.6 Å². The summed E-state index contributed by atoms with van der Waals surface area (Å²) in [5, 5.41) is 0. The summed E-state index contributed by atoms with van der Waals surface area (Å²) in [4.78, 5) is 0. The number of aryl methyl sites for hydroxylation is 1. The molecule has 146 valence electrons. The summed E-state index contributed by atoms with van der Waals surface area (Å²) in [6.07, 6.45) is 18.3. The Kier molecular flexibility index (Phi) is 6.15. The van der Waals surface area contributed by atoms with Crippen molar-refractivity contribution in [3.8, 4) is 11.1 Å². The molecule has 1 atom stereocenters. The molecule has 0 spiro atoms. The third-order valence-corrected chi connectivity index (χ3v) is 6.89. The molecule has 0 amide bonds. The highest BCUT2D eigenvalue weighted by molar-refractivity contribution is 5.65. The van der Waals surface area contributed by atoms with Crippen molar-refractivity contribution in [3.63, 3.8) is 0 Å². The molecule has 0 heterocycles. The van der Waals surface area contributed by atoms with E-state index in [4.69, 9.17) is 0 Å². The van der Waals surface area contributed by atoms with Crippen molar-refractivity contribution in [1.82, 2.24) is 0 Å². The second-order valence-corrected chi connectivity index (χ2v) is 8.77. The third kappa shape index (κ3) is 4.32. The summed E-state index contributed by atoms with van der Waals surface area (Å²) >= 11 is 0. The van der Waals surface area contributed by atoms with E-state index in [1.807, 2.05) is 0 Å². The first-order chi connectivity index (χ1) is 13.8. The molecule has 0 heteroatoms. The first kappa shape index (κ1) is 19.2. The molecular weight excluding hydrogens is 336 g/mol. The monoisotopic (exact) mass is 370 g/mol. The zero-order valence-electron chi connectivity index (χ0n) is 17.5. The molecule has 2 aromatic carbocycles. The first-order valence-corrected chi connectivity index (χ1v) is 11.2. The average Bonchev–Trinajstić information content (AvgIpc) is 2.75. The van der Waals surface area contributed by atoms with Crippen LogP contribution in [-0.4, -0.2) is 0 Å². The number of benzene rings is 2. The SMILES string of the molecule is C/C=C/C1CCC(c2ccc(-c3ccc4c(c3)CCC(/C=C/C)C4)cc2)CC1. The van der Waals surface area contributed by atoms with Gasteiger partial charge in [-0.3, -0.25) is 0 Å². The maximum Gasteiger partial charge on any atom is -0.0162 e. The van der Waals surface area contributed by atoms with Gasteiger partial charge in [0.1, 0.15) is 0 Å². The van der Waals surface area contributed by atoms with Crippen molar-refractivity contribution in [1.29, 1.82) is 0 Å². The van der Waals surface area contributed by atoms with Gasteiger partial charge in [0.05, 0.1) is 0 Å². The number of rotatable bonds is 4. The minimum Gasteiger partial charge on any atom is -0.0914 e. The van der Waals surface area contributed by atoms with Crippen molar-refractivity contribution < 1.29 is 0 Å². The summed E-state index contributed by atoms with van der Waals surface area (Å²) in [5.74, 6) is 2.29. The average molecular weight is 371 g/mol. The lowest BCUT2D eigenvalue weighted by Gasteiger charge is -2.27. The Balaban J connectivity index is 1.45. The van der Waals surface area contributed by atoms with Gasteiger partial charge in [-0.1, -0.05) is 66.8 Å². The fraction of sp³-hybridized carbons (Fsp3) is 0.429. The molecule has 2 aliphatic rings. The van der Waals surface area contributed by atoms with Crippen LogP contribution in [0.5, 0.6) is 0 Å². The lowest BCUT2D eigenvalue weighted by molar-refractivity contribution is 0.376. The number of hydrogen-bond donors (Lipinski definition) is 0. The minimum atomic E-state index is 0.727. The molecule has 0 aromatic heterocycles. The van der Waals surface area contributed by atoms with Crippen LogP contribution in [0.25, 0.3) is 11.1 Å². The highest BCUT2D eigenvalue weighted by Crippen LogP contribution is 2.37. The van der Waals surface area contributed by atoms with E-state index >= 15 is 0 Å². The van der Waals surface area contributed by atoms with E-state index in [-0.39, 0.29) is 0 Å². The molecule has 0 aliphatic heterocycles. The van der Waals surface area contributed by atoms with Crippen molar-refractivity contribution in [2.75, 3.05) is 0 Å². The van der Waals surface area contributed by atoms with Crippen LogP contribution in [-0.2, 0) is 12.8 Å². The smallest absolute Gasteiger partial charge is 0.0162 e. The van der Waals surface area contributed by atoms with Gasteiger partial charge < -0.3 is 0 Å². The summed E-state index contributed by atoms with van der Waals surface area (Å²) in [6, 6.07) is 16.6. The zero-order chi connectivity index (χ0) is 19.3. The number of fused-ring (bicyclic) bond motifs is 1. The van der Waals surface area contributed by atoms with Gasteiger partial charge in [0.15, 0.2) is 0 Å². The third-order valence-electron chi connectivity index (χ3n) is 6.89. The lowest BCUT2D eigenvalue weighted by atomic mass is 9.78. The largest absolute Gasteiger partial charge is 0.0914 e. The van der Waals surface area contributed by atoms with Gasteiger partial charge in [-0.25, -0.2) is 0 Å². The van der Waals surface area contributed by atoms with E-state index in [0.29, 0.717) is 0 Å². The van der Waals surface area contributed by atoms with Crippen LogP contribution in [0.3, 0.4) is 0 Å². The molecule has 0 N–H and O–H groups in total. The molecule has 1 fully saturated rings. The molecule has 0 saturated heterocycles. The van der Waals surface area contributed by atoms with Crippen LogP contribution in [0.1, 0.15) is 68.6 Å². The Hall–Kier alpha value is -2.08. The van der Waals surface area contributed by atoms with Gasteiger partial charge in [-0.2, -0.15) is 0 Å². The van der Waals surface area contributed by atoms with Crippen LogP contribution >= 0.6 is 0 Å². The highest BCUT2D eigenvalue weighted by Gasteiger charge is 2.21. The highest BCUT2D eigenvalue weighted by atomic mass is 14.3. The van der Waals surface area contributed by atoms with Crippen molar-refractivity contribution in [2.24, 2.45) is 11.8 Å². The predicted molar refractivity (Wildman–Crippen MR) is 122 cm³/mol. The molecule has 1 unspecified atom stereocenters. The summed E-state index contributed by atoms with van der Waals surface area (Å²) < 4.78 is 0. The van der Waals surface area contributed by atoms with E-state index in [9.17, 15) is 0 Å². The van der Waals surface area contributed by atoms with Gasteiger partial charge in [-0.05, 0) is 104 Å². The topological polar surface area (TPSA) is 0 Å². The van der Waals surface area contributed by atoms with Crippen LogP contribution < -0.4 is 0 Å². The molecule has 0 radical (unpaired) electrons. The fourth-order valence-corrected chi connectivity index (χ4v) is 5.26. The van der Waals surface area contributed by atoms with E-state index in [1.54, 1.807) is 11.1 Å². The summed E-state index contributed by atoms with van der Waals surface area (Å²) in [5.41, 5.74) is 7.39. The van der Waals surface area contributed by atoms with Crippen molar-refractivity contribution >= 4 is 0 Å². The van der Waals surface area contributed by atoms with Crippen molar-refractivity contribution in [2.45, 2.75) is 64.7 Å². The Morgan fingerprint density at radius 1 is 0.679 bits per heavy atom. The normalized spacial score (nSPS) is 25.3. The molecule has 2 aliphatic carbocycles. The molecule has 0 bridgehead atoms. The molecular formula is C28H34. The van der Waals surface area contributed by atoms with Gasteiger partial charge >= 0.3 is 0 Å². The second kappa shape index (κ2) is 8.95. The maximum absolute atomic E-state index is 2.44. The molecule has 2 aromatic rings. The Morgan fingerprint density at radius 2 is 1.36 bits per heavy atom. The van der Waals surface area contributed by atoms with Gasteiger partial charge in [0.2, 0.25) is 0 Å². The number of allylic oxidation sites excluding steroid dienone is 4. The predicted octanol–water partition coefficient (Wildman–Crippen LogP) is 7.88. The van der Waals surface area contributed by atoms with Gasteiger partial charge in [0, 0.05) is 0 Å². The summed E-state index contributed by atoms with van der Waals surface area (Å²) in [6.45, 7) is 4.28. The molecule has 1 saturated carbocycles. The second-order valence-electron chi connectivity index (χ2n) is 8.77. The van der Waals surface area contributed by atoms with Crippen LogP contribution in [0.15, 0.2) is 66.8 Å². The van der Waals surface area contributed by atoms with E-state index < -0.39 is 0 Å². The van der Waals surface area contributed by atoms with Gasteiger partial charge in [0.25, 0.3) is 0 Å². The van der Waals surface area contributed by atoms with Crippen LogP contribution in [0, 0.1) is 11.8 Å². The molecule has 28 heavy (non-hydrogen) atoms. The Bertz CT molecular complexity index is 829. The van der Waals surface area contributed by atoms with Crippen LogP contribution in [0.4, 0.5) is 0 Å². The summed E-state index contributed by atoms with van der Waals surface area (Å²) in [7, 11) is 0. The van der Waals surface area contributed by atoms with Gasteiger partial charge in [-0.15, -0.1) is 0 Å². The Labute approximate surface area is 171 Å². The van der Waals surface area contributed by atoms with Crippen molar-refractivity contribution in [3.05, 3.63) is 83.5 Å². The quantitative estimate of drug-likeness (QED) is 0.480. The van der Waals surface area contributed by atoms with E-state index in [2.05, 4.69) is 80.6 Å². The standard InChI is InChI=1S/C28H34/c1-3-5-21-7-10-23(11-8-21)24-13-15-25(16-14-24)27-18-17-26-19-22(6-4-2)9-12-28(26)20-27/h3-6,13-18,20-23H,7-12,19H2,1-2H3/b5-3+,6-4+. The minimum absolute atomic E-state index is 0.727. The maximum atomic E-state index is 2.44. The molecule has 4 rings (SSSR count). The van der Waals surface area contributed by atoms with Crippen LogP contribution in [0.2, 0.25) is 0 Å². The lowest BCUT2D eigenvalue weighted by Crippen LogP contribution is -2.12. The first-order valence-electron chi connectivity index (χ1n) is 11.2. The molecule has 0 nitrogen and oxygen atoms in total. The number of hydrogen-bond acceptors (Lipinski definition) is 0. The Morgan fingerprint density at radius 3 is 2.07 bits per heavy atom. The van der Waals surface area contributed by atoms with E-state index in [0.717, 1.165) is 17.8 Å². The zero-order valence-corrected chi connectivity index (χ0v) is 17.5. The fourth-order valence-electron chi connectivity index (χ4n) is 5.26.